The van der Waals surface area contributed by atoms with Crippen LogP contribution in [0.25, 0.3) is 27.1 Å². The summed E-state index contributed by atoms with van der Waals surface area (Å²) in [5.41, 5.74) is 1.17. The second-order valence-electron chi connectivity index (χ2n) is 7.77. The summed E-state index contributed by atoms with van der Waals surface area (Å²) < 4.78 is 74.4. The van der Waals surface area contributed by atoms with Crippen molar-refractivity contribution in [3.63, 3.8) is 0 Å². The second kappa shape index (κ2) is 8.76. The summed E-state index contributed by atoms with van der Waals surface area (Å²) in [6.45, 7) is 0. The number of hydrogen-bond acceptors (Lipinski definition) is 8. The molecule has 0 fully saturated rings. The van der Waals surface area contributed by atoms with Gasteiger partial charge in [-0.15, -0.1) is 0 Å². The fourth-order valence-corrected chi connectivity index (χ4v) is 7.62. The lowest BCUT2D eigenvalue weighted by Crippen LogP contribution is -2.39. The van der Waals surface area contributed by atoms with E-state index in [1.54, 1.807) is 24.3 Å². The van der Waals surface area contributed by atoms with Crippen LogP contribution in [0.4, 0.5) is 5.69 Å². The molecule has 3 aromatic carbocycles. The SMILES string of the molecule is COc1ccc2c(c1)N(CS(=O)(=O)O)C(=Cc1sc3ccc4ccccc4c3[n+]1CS(=O)(=O)O)S2. The Kier molecular flexibility index (Phi) is 6.02. The Morgan fingerprint density at radius 1 is 1.03 bits per heavy atom. The molecule has 2 heterocycles. The maximum Gasteiger partial charge on any atom is 0.326 e. The number of nitrogens with zero attached hydrogens (tertiary/aromatic N) is 2. The molecule has 0 bridgehead atoms. The lowest BCUT2D eigenvalue weighted by atomic mass is 10.1. The third-order valence-electron chi connectivity index (χ3n) is 5.38. The minimum atomic E-state index is -4.40. The first-order valence-electron chi connectivity index (χ1n) is 10.1. The van der Waals surface area contributed by atoms with E-state index >= 15 is 0 Å². The molecule has 1 aliphatic heterocycles. The van der Waals surface area contributed by atoms with E-state index in [9.17, 15) is 25.9 Å². The average Bonchev–Trinajstić information content (AvgIpc) is 3.29. The van der Waals surface area contributed by atoms with E-state index < -0.39 is 32.0 Å². The van der Waals surface area contributed by atoms with Gasteiger partial charge in [0.1, 0.15) is 10.4 Å². The number of hydrogen-bond donors (Lipinski definition) is 2. The first-order chi connectivity index (χ1) is 16.5. The van der Waals surface area contributed by atoms with Crippen LogP contribution in [0.2, 0.25) is 0 Å². The Morgan fingerprint density at radius 3 is 2.51 bits per heavy atom. The maximum absolute atomic E-state index is 11.9. The summed E-state index contributed by atoms with van der Waals surface area (Å²) in [7, 11) is -7.30. The molecule has 0 aliphatic carbocycles. The highest BCUT2D eigenvalue weighted by atomic mass is 32.2. The summed E-state index contributed by atoms with van der Waals surface area (Å²) in [5.74, 6) is -0.858. The number of ether oxygens (including phenoxy) is 1. The van der Waals surface area contributed by atoms with Gasteiger partial charge in [0, 0.05) is 11.0 Å². The highest BCUT2D eigenvalue weighted by Gasteiger charge is 2.32. The van der Waals surface area contributed by atoms with Crippen molar-refractivity contribution in [3.05, 3.63) is 64.6 Å². The van der Waals surface area contributed by atoms with Gasteiger partial charge in [-0.2, -0.15) is 21.4 Å². The predicted molar refractivity (Wildman–Crippen MR) is 137 cm³/mol. The van der Waals surface area contributed by atoms with Crippen molar-refractivity contribution >= 4 is 76.1 Å². The Hall–Kier alpha value is -2.68. The number of aromatic nitrogens is 1. The normalized spacial score (nSPS) is 15.3. The summed E-state index contributed by atoms with van der Waals surface area (Å²) in [5, 5.41) is 2.67. The first-order valence-corrected chi connectivity index (χ1v) is 15.0. The number of benzene rings is 3. The lowest BCUT2D eigenvalue weighted by molar-refractivity contribution is -0.648. The van der Waals surface area contributed by atoms with E-state index in [0.29, 0.717) is 27.0 Å². The average molecular weight is 552 g/mol. The van der Waals surface area contributed by atoms with E-state index in [-0.39, 0.29) is 0 Å². The molecule has 0 amide bonds. The third kappa shape index (κ3) is 4.87. The Morgan fingerprint density at radius 2 is 1.80 bits per heavy atom. The minimum absolute atomic E-state index is 0.464. The van der Waals surface area contributed by atoms with Crippen molar-refractivity contribution in [2.24, 2.45) is 0 Å². The molecule has 2 N–H and O–H groups in total. The third-order valence-corrected chi connectivity index (χ3v) is 8.76. The van der Waals surface area contributed by atoms with Crippen molar-refractivity contribution < 1.29 is 35.2 Å². The zero-order valence-electron chi connectivity index (χ0n) is 18.2. The van der Waals surface area contributed by atoms with Crippen LogP contribution in [0.5, 0.6) is 5.75 Å². The molecule has 0 saturated carbocycles. The van der Waals surface area contributed by atoms with Crippen LogP contribution in [0.1, 0.15) is 5.01 Å². The standard InChI is InChI=1S/C22H18N2O7S4/c1-31-15-7-9-18-17(10-15)23(12-34(25,26)27)20(32-18)11-21-24(13-35(28,29)30)22-16-5-3-2-4-14(16)6-8-19(22)33-21/h2-11H,12-13H2,1H3,(H-,25,26,27,28,29,30)/p+1. The van der Waals surface area contributed by atoms with Gasteiger partial charge in [-0.1, -0.05) is 47.4 Å². The van der Waals surface area contributed by atoms with Crippen LogP contribution in [0, 0.1) is 0 Å². The second-order valence-corrected chi connectivity index (χ2v) is 12.7. The monoisotopic (exact) mass is 551 g/mol. The van der Waals surface area contributed by atoms with Gasteiger partial charge in [0.05, 0.1) is 29.3 Å². The van der Waals surface area contributed by atoms with E-state index in [1.165, 1.54) is 39.7 Å². The van der Waals surface area contributed by atoms with Gasteiger partial charge in [0.25, 0.3) is 21.0 Å². The Labute approximate surface area is 209 Å². The molecule has 1 aliphatic rings. The topological polar surface area (TPSA) is 125 Å². The molecule has 0 atom stereocenters. The molecule has 13 heteroatoms. The molecule has 4 aromatic rings. The van der Waals surface area contributed by atoms with Gasteiger partial charge in [0.2, 0.25) is 5.52 Å². The Balaban J connectivity index is 1.73. The maximum atomic E-state index is 11.9. The van der Waals surface area contributed by atoms with Crippen LogP contribution >= 0.6 is 23.1 Å². The molecule has 1 aromatic heterocycles. The zero-order valence-corrected chi connectivity index (χ0v) is 21.4. The Bertz CT molecular complexity index is 1730. The van der Waals surface area contributed by atoms with E-state index in [4.69, 9.17) is 4.74 Å². The summed E-state index contributed by atoms with van der Waals surface area (Å²) >= 11 is 2.58. The largest absolute Gasteiger partial charge is 0.497 e. The number of rotatable bonds is 6. The number of thioether (sulfide) groups is 1. The zero-order chi connectivity index (χ0) is 25.0. The van der Waals surface area contributed by atoms with Crippen LogP contribution in [0.3, 0.4) is 0 Å². The van der Waals surface area contributed by atoms with Crippen molar-refractivity contribution in [2.45, 2.75) is 10.8 Å². The number of anilines is 1. The first kappa shape index (κ1) is 24.0. The molecular weight excluding hydrogens is 533 g/mol. The lowest BCUT2D eigenvalue weighted by Gasteiger charge is -2.18. The fraction of sp³-hybridized carbons (Fsp3) is 0.136. The van der Waals surface area contributed by atoms with Crippen LogP contribution in [0.15, 0.2) is 64.5 Å². The summed E-state index contributed by atoms with van der Waals surface area (Å²) in [6.07, 6.45) is 1.66. The highest BCUT2D eigenvalue weighted by molar-refractivity contribution is 8.04. The quantitative estimate of drug-likeness (QED) is 0.271. The number of thiazole rings is 1. The van der Waals surface area contributed by atoms with Gasteiger partial charge in [-0.3, -0.25) is 9.11 Å². The molecule has 0 radical (unpaired) electrons. The van der Waals surface area contributed by atoms with Gasteiger partial charge in [-0.25, -0.2) is 0 Å². The molecule has 5 rings (SSSR count). The highest BCUT2D eigenvalue weighted by Crippen LogP contribution is 2.48. The molecule has 0 spiro atoms. The van der Waals surface area contributed by atoms with Crippen LogP contribution in [-0.4, -0.2) is 38.9 Å². The fourth-order valence-electron chi connectivity index (χ4n) is 3.99. The summed E-state index contributed by atoms with van der Waals surface area (Å²) in [6, 6.07) is 16.5. The van der Waals surface area contributed by atoms with Gasteiger partial charge < -0.3 is 9.64 Å². The van der Waals surface area contributed by atoms with E-state index in [0.717, 1.165) is 20.4 Å². The van der Waals surface area contributed by atoms with Gasteiger partial charge in [0.15, 0.2) is 5.88 Å². The van der Waals surface area contributed by atoms with Gasteiger partial charge >= 0.3 is 10.1 Å². The van der Waals surface area contributed by atoms with Crippen LogP contribution in [-0.2, 0) is 26.1 Å². The summed E-state index contributed by atoms with van der Waals surface area (Å²) in [4.78, 5) is 2.17. The van der Waals surface area contributed by atoms with E-state index in [2.05, 4.69) is 0 Å². The van der Waals surface area contributed by atoms with Crippen molar-refractivity contribution in [3.8, 4) is 5.75 Å². The molecule has 0 saturated heterocycles. The van der Waals surface area contributed by atoms with Crippen LogP contribution < -0.4 is 14.2 Å². The minimum Gasteiger partial charge on any atom is -0.497 e. The molecule has 0 unspecified atom stereocenters. The molecule has 35 heavy (non-hydrogen) atoms. The van der Waals surface area contributed by atoms with Crippen molar-refractivity contribution in [2.75, 3.05) is 17.9 Å². The number of methoxy groups -OCH3 is 1. The smallest absolute Gasteiger partial charge is 0.326 e. The number of fused-ring (bicyclic) bond motifs is 4. The molecule has 182 valence electrons. The molecule has 9 nitrogen and oxygen atoms in total. The van der Waals surface area contributed by atoms with Gasteiger partial charge in [-0.05, 0) is 29.7 Å². The molecular formula is C22H19N2O7S4+. The van der Waals surface area contributed by atoms with Crippen molar-refractivity contribution in [1.29, 1.82) is 0 Å². The van der Waals surface area contributed by atoms with E-state index in [1.807, 2.05) is 36.4 Å². The predicted octanol–water partition coefficient (Wildman–Crippen LogP) is 3.95. The van der Waals surface area contributed by atoms with Crippen molar-refractivity contribution in [1.82, 2.24) is 0 Å².